The Kier molecular flexibility index (Phi) is 8.61. The first-order chi connectivity index (χ1) is 20.1. The Balaban J connectivity index is 0.00000165. The van der Waals surface area contributed by atoms with Crippen molar-refractivity contribution in [2.24, 2.45) is 0 Å². The summed E-state index contributed by atoms with van der Waals surface area (Å²) in [6.07, 6.45) is 20.5. The van der Waals surface area contributed by atoms with E-state index in [1.165, 1.54) is 24.8 Å². The summed E-state index contributed by atoms with van der Waals surface area (Å²) in [5.74, 6) is 1.60. The van der Waals surface area contributed by atoms with Crippen LogP contribution in [0, 0.1) is 12.8 Å². The molecule has 1 saturated heterocycles. The number of nitrogens with one attached hydrogen (secondary N) is 2. The maximum absolute atomic E-state index is 6.34. The zero-order valence-corrected chi connectivity index (χ0v) is 23.2. The van der Waals surface area contributed by atoms with Crippen LogP contribution in [0.2, 0.25) is 0 Å². The minimum absolute atomic E-state index is 0.533. The molecule has 1 aliphatic rings. The quantitative estimate of drug-likeness (QED) is 0.192. The number of rotatable bonds is 8. The first kappa shape index (κ1) is 27.5. The van der Waals surface area contributed by atoms with Crippen molar-refractivity contribution in [3.8, 4) is 24.0 Å². The lowest BCUT2D eigenvalue weighted by Gasteiger charge is -2.28. The van der Waals surface area contributed by atoms with Crippen molar-refractivity contribution < 1.29 is 0 Å². The number of terminal acetylenes is 1. The van der Waals surface area contributed by atoms with Crippen LogP contribution in [0.4, 0.5) is 17.3 Å². The third-order valence-electron chi connectivity index (χ3n) is 7.27. The fourth-order valence-corrected chi connectivity index (χ4v) is 5.33. The highest BCUT2D eigenvalue weighted by molar-refractivity contribution is 5.91. The minimum atomic E-state index is 0.533. The number of hydrogen-bond acceptors (Lipinski definition) is 6. The molecule has 1 fully saturated rings. The Morgan fingerprint density at radius 3 is 2.54 bits per heavy atom. The van der Waals surface area contributed by atoms with Crippen LogP contribution in [0.25, 0.3) is 22.0 Å². The molecular weight excluding hydrogens is 506 g/mol. The predicted octanol–water partition coefficient (Wildman–Crippen LogP) is 6.60. The fourth-order valence-electron chi connectivity index (χ4n) is 5.33. The summed E-state index contributed by atoms with van der Waals surface area (Å²) in [4.78, 5) is 19.7. The zero-order chi connectivity index (χ0) is 28.6. The van der Waals surface area contributed by atoms with Crippen LogP contribution in [0.3, 0.4) is 0 Å². The number of aromatic amines is 1. The van der Waals surface area contributed by atoms with Gasteiger partial charge in [0.1, 0.15) is 11.6 Å². The van der Waals surface area contributed by atoms with Gasteiger partial charge in [-0.3, -0.25) is 4.98 Å². The Morgan fingerprint density at radius 2 is 1.73 bits per heavy atom. The zero-order valence-electron chi connectivity index (χ0n) is 23.2. The van der Waals surface area contributed by atoms with Crippen molar-refractivity contribution in [1.29, 1.82) is 0 Å². The van der Waals surface area contributed by atoms with E-state index < -0.39 is 0 Å². The number of H-pyrrole nitrogens is 1. The lowest BCUT2D eigenvalue weighted by molar-refractivity contribution is 0.575. The van der Waals surface area contributed by atoms with Gasteiger partial charge in [-0.25, -0.2) is 9.97 Å². The number of hydrogen-bond donors (Lipinski definition) is 3. The third-order valence-corrected chi connectivity index (χ3v) is 7.27. The highest BCUT2D eigenvalue weighted by Gasteiger charge is 2.17. The Bertz CT molecular complexity index is 1650. The molecule has 4 N–H and O–H groups in total. The number of nitrogens with two attached hydrogens (primary N) is 1. The van der Waals surface area contributed by atoms with E-state index in [2.05, 4.69) is 74.9 Å². The lowest BCUT2D eigenvalue weighted by Crippen LogP contribution is -2.30. The second kappa shape index (κ2) is 12.8. The van der Waals surface area contributed by atoms with Gasteiger partial charge in [-0.2, -0.15) is 0 Å². The lowest BCUT2D eigenvalue weighted by atomic mass is 10.0. The maximum Gasteiger partial charge on any atom is 0.137 e. The van der Waals surface area contributed by atoms with Gasteiger partial charge in [0, 0.05) is 78.0 Å². The number of aromatic nitrogens is 4. The van der Waals surface area contributed by atoms with Crippen LogP contribution < -0.4 is 16.0 Å². The average Bonchev–Trinajstić information content (AvgIpc) is 3.43. The van der Waals surface area contributed by atoms with E-state index in [1.807, 2.05) is 49.1 Å². The van der Waals surface area contributed by atoms with Crippen molar-refractivity contribution in [2.45, 2.75) is 32.1 Å². The topological polar surface area (TPSA) is 95.8 Å². The molecule has 0 saturated carbocycles. The van der Waals surface area contributed by atoms with Crippen LogP contribution in [-0.4, -0.2) is 33.0 Å². The molecule has 7 nitrogen and oxygen atoms in total. The second-order valence-electron chi connectivity index (χ2n) is 10.2. The van der Waals surface area contributed by atoms with Crippen molar-refractivity contribution in [2.75, 3.05) is 29.0 Å². The highest BCUT2D eigenvalue weighted by Crippen LogP contribution is 2.30. The van der Waals surface area contributed by atoms with Gasteiger partial charge in [-0.05, 0) is 49.1 Å². The van der Waals surface area contributed by atoms with Gasteiger partial charge in [-0.1, -0.05) is 36.9 Å². The van der Waals surface area contributed by atoms with Gasteiger partial charge in [0.15, 0.2) is 0 Å². The summed E-state index contributed by atoms with van der Waals surface area (Å²) < 4.78 is 0. The molecule has 0 bridgehead atoms. The molecule has 41 heavy (non-hydrogen) atoms. The SMILES string of the molecule is C#C.C=C(Cc1ccccc1)Nc1cncc(-c2cnc(N)c(Cc3cc4c(N5CCCCC5)nccc4[nH]3)c2)c1. The standard InChI is InChI=1S/C32H33N7.C2H2/c1-22(14-23-8-4-2-5-9-23)37-28-17-26(19-34-21-28)25-15-24(31(33)36-20-25)16-27-18-29-30(38-27)10-11-35-32(29)39-12-6-3-7-13-39;1-2/h2,4-5,8-11,15,17-21,37-38H,1,3,6-7,12-14,16H2,(H2,33,36);1-2H. The first-order valence-corrected chi connectivity index (χ1v) is 13.9. The molecule has 7 heteroatoms. The normalized spacial score (nSPS) is 12.9. The third kappa shape index (κ3) is 6.56. The molecular formula is C34H35N7. The molecule has 0 radical (unpaired) electrons. The molecule has 0 aliphatic carbocycles. The molecule has 0 spiro atoms. The van der Waals surface area contributed by atoms with E-state index >= 15 is 0 Å². The monoisotopic (exact) mass is 541 g/mol. The number of piperidine rings is 1. The molecule has 0 unspecified atom stereocenters. The number of pyridine rings is 3. The molecule has 1 aromatic carbocycles. The van der Waals surface area contributed by atoms with E-state index in [0.717, 1.165) is 70.0 Å². The van der Waals surface area contributed by atoms with Crippen LogP contribution in [0.1, 0.15) is 36.1 Å². The highest BCUT2D eigenvalue weighted by atomic mass is 15.2. The number of nitrogens with zero attached hydrogens (tertiary/aromatic N) is 4. The summed E-state index contributed by atoms with van der Waals surface area (Å²) in [7, 11) is 0. The Morgan fingerprint density at radius 1 is 0.951 bits per heavy atom. The summed E-state index contributed by atoms with van der Waals surface area (Å²) >= 11 is 0. The summed E-state index contributed by atoms with van der Waals surface area (Å²) in [6.45, 7) is 6.32. The van der Waals surface area contributed by atoms with E-state index in [1.54, 1.807) is 0 Å². The van der Waals surface area contributed by atoms with Gasteiger partial charge < -0.3 is 20.9 Å². The number of fused-ring (bicyclic) bond motifs is 1. The van der Waals surface area contributed by atoms with Crippen molar-refractivity contribution in [3.63, 3.8) is 0 Å². The van der Waals surface area contributed by atoms with Crippen molar-refractivity contribution in [3.05, 3.63) is 108 Å². The smallest absolute Gasteiger partial charge is 0.137 e. The number of allylic oxidation sites excluding steroid dienone is 1. The van der Waals surface area contributed by atoms with Crippen LogP contribution >= 0.6 is 0 Å². The largest absolute Gasteiger partial charge is 0.383 e. The Labute approximate surface area is 241 Å². The summed E-state index contributed by atoms with van der Waals surface area (Å²) in [5.41, 5.74) is 14.4. The van der Waals surface area contributed by atoms with Crippen molar-refractivity contribution in [1.82, 2.24) is 19.9 Å². The summed E-state index contributed by atoms with van der Waals surface area (Å²) in [6, 6.07) is 18.7. The van der Waals surface area contributed by atoms with Gasteiger partial charge >= 0.3 is 0 Å². The van der Waals surface area contributed by atoms with Crippen LogP contribution in [0.5, 0.6) is 0 Å². The number of anilines is 3. The maximum atomic E-state index is 6.34. The number of nitrogen functional groups attached to an aromatic ring is 1. The average molecular weight is 542 g/mol. The van der Waals surface area contributed by atoms with Crippen molar-refractivity contribution >= 4 is 28.2 Å². The van der Waals surface area contributed by atoms with E-state index in [4.69, 9.17) is 10.7 Å². The van der Waals surface area contributed by atoms with E-state index in [0.29, 0.717) is 12.2 Å². The molecule has 0 atom stereocenters. The fraction of sp³-hybridized carbons (Fsp3) is 0.206. The van der Waals surface area contributed by atoms with E-state index in [9.17, 15) is 0 Å². The number of benzene rings is 1. The van der Waals surface area contributed by atoms with Gasteiger partial charge in [-0.15, -0.1) is 12.8 Å². The first-order valence-electron chi connectivity index (χ1n) is 13.9. The molecule has 5 aromatic rings. The molecule has 1 aliphatic heterocycles. The summed E-state index contributed by atoms with van der Waals surface area (Å²) in [5, 5.41) is 4.56. The second-order valence-corrected chi connectivity index (χ2v) is 10.2. The predicted molar refractivity (Wildman–Crippen MR) is 170 cm³/mol. The molecule has 0 amide bonds. The van der Waals surface area contributed by atoms with Gasteiger partial charge in [0.25, 0.3) is 0 Å². The van der Waals surface area contributed by atoms with Crippen LogP contribution in [0.15, 0.2) is 91.7 Å². The van der Waals surface area contributed by atoms with Crippen LogP contribution in [-0.2, 0) is 12.8 Å². The van der Waals surface area contributed by atoms with Gasteiger partial charge in [0.2, 0.25) is 0 Å². The molecule has 6 rings (SSSR count). The molecule has 5 heterocycles. The Hall–Kier alpha value is -5.09. The molecule has 4 aromatic heterocycles. The van der Waals surface area contributed by atoms with Gasteiger partial charge in [0.05, 0.1) is 17.4 Å². The van der Waals surface area contributed by atoms with E-state index in [-0.39, 0.29) is 0 Å². The molecule has 206 valence electrons. The minimum Gasteiger partial charge on any atom is -0.383 e.